The van der Waals surface area contributed by atoms with Crippen molar-refractivity contribution < 1.29 is 5.11 Å². The molecule has 0 radical (unpaired) electrons. The molecule has 1 N–H and O–H groups in total. The molecule has 17 heavy (non-hydrogen) atoms. The van der Waals surface area contributed by atoms with E-state index in [1.165, 1.54) is 12.8 Å². The van der Waals surface area contributed by atoms with Crippen LogP contribution in [0.2, 0.25) is 0 Å². The van der Waals surface area contributed by atoms with Gasteiger partial charge >= 0.3 is 0 Å². The molecule has 0 aromatic carbocycles. The highest BCUT2D eigenvalue weighted by Gasteiger charge is 2.26. The fourth-order valence-corrected chi connectivity index (χ4v) is 3.10. The number of aliphatic hydroxyl groups excluding tert-OH is 1. The highest BCUT2D eigenvalue weighted by Crippen LogP contribution is 2.35. The lowest BCUT2D eigenvalue weighted by molar-refractivity contribution is 0.202. The third kappa shape index (κ3) is 3.19. The van der Waals surface area contributed by atoms with Gasteiger partial charge in [-0.05, 0) is 39.0 Å². The second kappa shape index (κ2) is 5.36. The molecule has 1 aliphatic carbocycles. The van der Waals surface area contributed by atoms with Crippen molar-refractivity contribution in [2.45, 2.75) is 46.1 Å². The molecule has 96 valence electrons. The van der Waals surface area contributed by atoms with E-state index in [4.69, 9.17) is 0 Å². The summed E-state index contributed by atoms with van der Waals surface area (Å²) in [5.41, 5.74) is 0.983. The minimum Gasteiger partial charge on any atom is -0.388 e. The molecule has 2 rings (SSSR count). The van der Waals surface area contributed by atoms with Gasteiger partial charge in [0.05, 0.1) is 16.7 Å². The lowest BCUT2D eigenvalue weighted by atomic mass is 10.3. The Morgan fingerprint density at radius 3 is 2.71 bits per heavy atom. The molecule has 1 fully saturated rings. The number of aliphatic hydroxyl groups is 1. The van der Waals surface area contributed by atoms with Gasteiger partial charge in [0.1, 0.15) is 0 Å². The summed E-state index contributed by atoms with van der Waals surface area (Å²) in [5.74, 6) is 0.876. The van der Waals surface area contributed by atoms with E-state index in [1.54, 1.807) is 11.3 Å². The molecule has 0 aliphatic heterocycles. The maximum Gasteiger partial charge on any atom is 0.185 e. The topological polar surface area (TPSA) is 36.4 Å². The summed E-state index contributed by atoms with van der Waals surface area (Å²) in [6, 6.07) is 0. The van der Waals surface area contributed by atoms with Crippen LogP contribution >= 0.6 is 11.3 Å². The van der Waals surface area contributed by atoms with Crippen molar-refractivity contribution in [2.75, 3.05) is 18.0 Å². The maximum absolute atomic E-state index is 9.68. The Morgan fingerprint density at radius 1 is 1.53 bits per heavy atom. The first-order chi connectivity index (χ1) is 8.11. The molecule has 1 unspecified atom stereocenters. The standard InChI is InChI=1S/C13H22N2OS/c1-4-7-15(8-11-5-6-11)13-14-9(2)12(17-13)10(3)16/h10-11,16H,4-8H2,1-3H3. The molecule has 1 saturated carbocycles. The summed E-state index contributed by atoms with van der Waals surface area (Å²) in [6.07, 6.45) is 3.49. The smallest absolute Gasteiger partial charge is 0.185 e. The van der Waals surface area contributed by atoms with Crippen LogP contribution in [0.5, 0.6) is 0 Å². The Morgan fingerprint density at radius 2 is 2.24 bits per heavy atom. The van der Waals surface area contributed by atoms with E-state index in [0.29, 0.717) is 0 Å². The van der Waals surface area contributed by atoms with Crippen LogP contribution in [0.25, 0.3) is 0 Å². The van der Waals surface area contributed by atoms with Crippen LogP contribution in [0.1, 0.15) is 49.8 Å². The summed E-state index contributed by atoms with van der Waals surface area (Å²) in [6.45, 7) is 8.22. The number of nitrogens with zero attached hydrogens (tertiary/aromatic N) is 2. The van der Waals surface area contributed by atoms with Crippen LogP contribution in [0.15, 0.2) is 0 Å². The van der Waals surface area contributed by atoms with E-state index in [2.05, 4.69) is 16.8 Å². The fourth-order valence-electron chi connectivity index (χ4n) is 2.06. The molecule has 1 aliphatic rings. The third-order valence-corrected chi connectivity index (χ3v) is 4.53. The second-order valence-corrected chi connectivity index (χ2v) is 6.02. The van der Waals surface area contributed by atoms with Crippen molar-refractivity contribution in [3.05, 3.63) is 10.6 Å². The van der Waals surface area contributed by atoms with Crippen molar-refractivity contribution in [1.82, 2.24) is 4.98 Å². The zero-order chi connectivity index (χ0) is 12.4. The normalized spacial score (nSPS) is 17.2. The quantitative estimate of drug-likeness (QED) is 0.847. The molecule has 1 aromatic rings. The number of hydrogen-bond donors (Lipinski definition) is 1. The van der Waals surface area contributed by atoms with Crippen molar-refractivity contribution in [2.24, 2.45) is 5.92 Å². The number of rotatable bonds is 6. The van der Waals surface area contributed by atoms with Gasteiger partial charge in [-0.3, -0.25) is 0 Å². The van der Waals surface area contributed by atoms with Crippen LogP contribution in [0.3, 0.4) is 0 Å². The Bertz CT molecular complexity index is 371. The summed E-state index contributed by atoms with van der Waals surface area (Å²) in [7, 11) is 0. The van der Waals surface area contributed by atoms with E-state index in [9.17, 15) is 5.11 Å². The van der Waals surface area contributed by atoms with E-state index in [0.717, 1.165) is 41.1 Å². The number of aryl methyl sites for hydroxylation is 1. The monoisotopic (exact) mass is 254 g/mol. The van der Waals surface area contributed by atoms with Crippen molar-refractivity contribution in [3.8, 4) is 0 Å². The minimum atomic E-state index is -0.398. The largest absolute Gasteiger partial charge is 0.388 e. The molecule has 3 nitrogen and oxygen atoms in total. The summed E-state index contributed by atoms with van der Waals surface area (Å²) < 4.78 is 0. The van der Waals surface area contributed by atoms with Gasteiger partial charge in [0.25, 0.3) is 0 Å². The first-order valence-corrected chi connectivity index (χ1v) is 7.33. The minimum absolute atomic E-state index is 0.398. The molecule has 1 atom stereocenters. The Hall–Kier alpha value is -0.610. The zero-order valence-corrected chi connectivity index (χ0v) is 11.8. The zero-order valence-electron chi connectivity index (χ0n) is 10.9. The van der Waals surface area contributed by atoms with Gasteiger partial charge in [0.15, 0.2) is 5.13 Å². The van der Waals surface area contributed by atoms with Crippen LogP contribution in [0, 0.1) is 12.8 Å². The Balaban J connectivity index is 2.13. The van der Waals surface area contributed by atoms with Crippen molar-refractivity contribution >= 4 is 16.5 Å². The van der Waals surface area contributed by atoms with Gasteiger partial charge in [-0.2, -0.15) is 0 Å². The molecule has 0 bridgehead atoms. The van der Waals surface area contributed by atoms with Gasteiger partial charge in [-0.15, -0.1) is 0 Å². The van der Waals surface area contributed by atoms with Crippen LogP contribution < -0.4 is 4.90 Å². The predicted octanol–water partition coefficient (Wildman–Crippen LogP) is 3.13. The molecule has 1 aromatic heterocycles. The molecule has 0 spiro atoms. The molecule has 1 heterocycles. The van der Waals surface area contributed by atoms with Crippen LogP contribution in [0.4, 0.5) is 5.13 Å². The highest BCUT2D eigenvalue weighted by atomic mass is 32.1. The van der Waals surface area contributed by atoms with E-state index in [1.807, 2.05) is 13.8 Å². The first-order valence-electron chi connectivity index (χ1n) is 6.52. The van der Waals surface area contributed by atoms with Gasteiger partial charge in [-0.1, -0.05) is 18.3 Å². The fraction of sp³-hybridized carbons (Fsp3) is 0.769. The lowest BCUT2D eigenvalue weighted by Crippen LogP contribution is -2.26. The van der Waals surface area contributed by atoms with Gasteiger partial charge in [-0.25, -0.2) is 4.98 Å². The number of aromatic nitrogens is 1. The van der Waals surface area contributed by atoms with Gasteiger partial charge < -0.3 is 10.0 Å². The average molecular weight is 254 g/mol. The summed E-state index contributed by atoms with van der Waals surface area (Å²) >= 11 is 1.65. The predicted molar refractivity (Wildman–Crippen MR) is 72.7 cm³/mol. The average Bonchev–Trinajstić information content (AvgIpc) is 2.99. The molecule has 0 amide bonds. The van der Waals surface area contributed by atoms with Crippen LogP contribution in [-0.4, -0.2) is 23.2 Å². The number of anilines is 1. The number of thiazole rings is 1. The van der Waals surface area contributed by atoms with E-state index < -0.39 is 6.10 Å². The SMILES string of the molecule is CCCN(CC1CC1)c1nc(C)c(C(C)O)s1. The third-order valence-electron chi connectivity index (χ3n) is 3.14. The van der Waals surface area contributed by atoms with E-state index >= 15 is 0 Å². The van der Waals surface area contributed by atoms with E-state index in [-0.39, 0.29) is 0 Å². The second-order valence-electron chi connectivity index (χ2n) is 5.01. The molecular formula is C13H22N2OS. The van der Waals surface area contributed by atoms with Gasteiger partial charge in [0, 0.05) is 13.1 Å². The van der Waals surface area contributed by atoms with Gasteiger partial charge in [0.2, 0.25) is 0 Å². The lowest BCUT2D eigenvalue weighted by Gasteiger charge is -2.20. The Kier molecular flexibility index (Phi) is 4.05. The Labute approximate surface area is 107 Å². The highest BCUT2D eigenvalue weighted by molar-refractivity contribution is 7.15. The molecule has 4 heteroatoms. The first kappa shape index (κ1) is 12.8. The molecular weight excluding hydrogens is 232 g/mol. The van der Waals surface area contributed by atoms with Crippen LogP contribution in [-0.2, 0) is 0 Å². The maximum atomic E-state index is 9.68. The van der Waals surface area contributed by atoms with Crippen molar-refractivity contribution in [1.29, 1.82) is 0 Å². The molecule has 0 saturated heterocycles. The number of hydrogen-bond acceptors (Lipinski definition) is 4. The summed E-state index contributed by atoms with van der Waals surface area (Å²) in [5, 5.41) is 10.8. The summed E-state index contributed by atoms with van der Waals surface area (Å²) in [4.78, 5) is 8.02. The van der Waals surface area contributed by atoms with Crippen molar-refractivity contribution in [3.63, 3.8) is 0 Å².